The van der Waals surface area contributed by atoms with E-state index in [1.165, 1.54) is 18.4 Å². The number of nitrogens with one attached hydrogen (secondary N) is 1. The third-order valence-electron chi connectivity index (χ3n) is 4.32. The summed E-state index contributed by atoms with van der Waals surface area (Å²) in [7, 11) is 0. The minimum Gasteiger partial charge on any atom is -0.370 e. The summed E-state index contributed by atoms with van der Waals surface area (Å²) in [4.78, 5) is 11.7. The van der Waals surface area contributed by atoms with Gasteiger partial charge in [-0.15, -0.1) is 0 Å². The van der Waals surface area contributed by atoms with E-state index in [-0.39, 0.29) is 0 Å². The molecule has 1 fully saturated rings. The van der Waals surface area contributed by atoms with Crippen LogP contribution in [0.3, 0.4) is 0 Å². The zero-order chi connectivity index (χ0) is 15.4. The first-order valence-corrected chi connectivity index (χ1v) is 8.41. The predicted molar refractivity (Wildman–Crippen MR) is 90.1 cm³/mol. The van der Waals surface area contributed by atoms with E-state index in [1.807, 2.05) is 0 Å². The third kappa shape index (κ3) is 3.47. The Morgan fingerprint density at radius 3 is 2.67 bits per heavy atom. The van der Waals surface area contributed by atoms with Gasteiger partial charge in [-0.25, -0.2) is 9.97 Å². The molecule has 1 N–H and O–H groups in total. The lowest BCUT2D eigenvalue weighted by Gasteiger charge is -2.31. The summed E-state index contributed by atoms with van der Waals surface area (Å²) in [5, 5.41) is 3.47. The van der Waals surface area contributed by atoms with Crippen LogP contribution in [0.4, 0.5) is 11.6 Å². The molecule has 0 radical (unpaired) electrons. The van der Waals surface area contributed by atoms with Crippen LogP contribution >= 0.6 is 0 Å². The molecular weight excluding hydrogens is 260 g/mol. The number of hydrogen-bond donors (Lipinski definition) is 1. The SMILES string of the molecule is CCCNc1ncnc(N2CCCC2C(C)C)c1C(C)C. The molecule has 0 bridgehead atoms. The summed E-state index contributed by atoms with van der Waals surface area (Å²) >= 11 is 0. The smallest absolute Gasteiger partial charge is 0.137 e. The lowest BCUT2D eigenvalue weighted by atomic mass is 9.99. The molecule has 0 spiro atoms. The summed E-state index contributed by atoms with van der Waals surface area (Å²) < 4.78 is 0. The molecule has 0 aromatic carbocycles. The molecule has 2 rings (SSSR count). The van der Waals surface area contributed by atoms with E-state index < -0.39 is 0 Å². The quantitative estimate of drug-likeness (QED) is 0.858. The van der Waals surface area contributed by atoms with Crippen molar-refractivity contribution >= 4 is 11.6 Å². The molecule has 4 heteroatoms. The number of hydrogen-bond acceptors (Lipinski definition) is 4. The number of anilines is 2. The Labute approximate surface area is 129 Å². The highest BCUT2D eigenvalue weighted by Crippen LogP contribution is 2.36. The van der Waals surface area contributed by atoms with Gasteiger partial charge in [0.25, 0.3) is 0 Å². The molecular formula is C17H30N4. The van der Waals surface area contributed by atoms with E-state index in [9.17, 15) is 0 Å². The lowest BCUT2D eigenvalue weighted by Crippen LogP contribution is -2.35. The van der Waals surface area contributed by atoms with Gasteiger partial charge in [0.1, 0.15) is 18.0 Å². The van der Waals surface area contributed by atoms with Gasteiger partial charge in [-0.05, 0) is 31.1 Å². The van der Waals surface area contributed by atoms with Crippen LogP contribution in [0.1, 0.15) is 65.4 Å². The minimum atomic E-state index is 0.425. The molecule has 1 aliphatic heterocycles. The zero-order valence-electron chi connectivity index (χ0n) is 14.2. The van der Waals surface area contributed by atoms with Crippen LogP contribution < -0.4 is 10.2 Å². The number of rotatable bonds is 6. The second kappa shape index (κ2) is 7.10. The Kier molecular flexibility index (Phi) is 5.43. The van der Waals surface area contributed by atoms with Crippen molar-refractivity contribution in [2.24, 2.45) is 5.92 Å². The molecule has 1 aliphatic rings. The second-order valence-electron chi connectivity index (χ2n) is 6.69. The largest absolute Gasteiger partial charge is 0.370 e. The minimum absolute atomic E-state index is 0.425. The van der Waals surface area contributed by atoms with E-state index in [1.54, 1.807) is 6.33 Å². The molecule has 4 nitrogen and oxygen atoms in total. The maximum atomic E-state index is 4.66. The molecule has 1 aromatic rings. The van der Waals surface area contributed by atoms with Gasteiger partial charge in [0.15, 0.2) is 0 Å². The van der Waals surface area contributed by atoms with Crippen LogP contribution in [0.2, 0.25) is 0 Å². The first-order chi connectivity index (χ1) is 10.1. The Morgan fingerprint density at radius 1 is 1.29 bits per heavy atom. The van der Waals surface area contributed by atoms with E-state index in [0.717, 1.165) is 31.1 Å². The highest BCUT2D eigenvalue weighted by atomic mass is 15.2. The van der Waals surface area contributed by atoms with E-state index >= 15 is 0 Å². The van der Waals surface area contributed by atoms with Gasteiger partial charge in [-0.1, -0.05) is 34.6 Å². The summed E-state index contributed by atoms with van der Waals surface area (Å²) in [6.45, 7) is 13.4. The van der Waals surface area contributed by atoms with Crippen molar-refractivity contribution in [1.82, 2.24) is 9.97 Å². The maximum Gasteiger partial charge on any atom is 0.137 e. The van der Waals surface area contributed by atoms with Crippen LogP contribution in [0.25, 0.3) is 0 Å². The third-order valence-corrected chi connectivity index (χ3v) is 4.32. The van der Waals surface area contributed by atoms with Crippen LogP contribution in [-0.2, 0) is 0 Å². The van der Waals surface area contributed by atoms with Gasteiger partial charge in [0, 0.05) is 24.7 Å². The van der Waals surface area contributed by atoms with Crippen LogP contribution in [0.5, 0.6) is 0 Å². The molecule has 118 valence electrons. The number of aromatic nitrogens is 2. The summed E-state index contributed by atoms with van der Waals surface area (Å²) in [5.41, 5.74) is 1.28. The molecule has 0 amide bonds. The van der Waals surface area contributed by atoms with Crippen molar-refractivity contribution in [3.63, 3.8) is 0 Å². The lowest BCUT2D eigenvalue weighted by molar-refractivity contribution is 0.488. The Balaban J connectivity index is 2.38. The van der Waals surface area contributed by atoms with E-state index in [2.05, 4.69) is 54.8 Å². The van der Waals surface area contributed by atoms with Gasteiger partial charge in [0.05, 0.1) is 0 Å². The molecule has 1 aromatic heterocycles. The van der Waals surface area contributed by atoms with Crippen molar-refractivity contribution < 1.29 is 0 Å². The van der Waals surface area contributed by atoms with Crippen LogP contribution in [0.15, 0.2) is 6.33 Å². The van der Waals surface area contributed by atoms with Crippen LogP contribution in [0, 0.1) is 5.92 Å². The second-order valence-corrected chi connectivity index (χ2v) is 6.69. The first kappa shape index (κ1) is 16.1. The Bertz CT molecular complexity index is 456. The summed E-state index contributed by atoms with van der Waals surface area (Å²) in [5.74, 6) is 3.25. The van der Waals surface area contributed by atoms with Crippen molar-refractivity contribution in [2.75, 3.05) is 23.3 Å². The highest BCUT2D eigenvalue weighted by molar-refractivity contribution is 5.61. The average Bonchev–Trinajstić information content (AvgIpc) is 2.93. The molecule has 2 heterocycles. The molecule has 21 heavy (non-hydrogen) atoms. The monoisotopic (exact) mass is 290 g/mol. The van der Waals surface area contributed by atoms with Gasteiger partial charge < -0.3 is 10.2 Å². The topological polar surface area (TPSA) is 41.1 Å². The molecule has 0 saturated carbocycles. The normalized spacial score (nSPS) is 18.8. The van der Waals surface area contributed by atoms with Crippen molar-refractivity contribution in [2.45, 2.75) is 65.8 Å². The van der Waals surface area contributed by atoms with Crippen molar-refractivity contribution in [3.05, 3.63) is 11.9 Å². The molecule has 1 saturated heterocycles. The van der Waals surface area contributed by atoms with E-state index in [0.29, 0.717) is 17.9 Å². The zero-order valence-corrected chi connectivity index (χ0v) is 14.2. The van der Waals surface area contributed by atoms with Crippen LogP contribution in [-0.4, -0.2) is 29.1 Å². The highest BCUT2D eigenvalue weighted by Gasteiger charge is 2.31. The predicted octanol–water partition coefficient (Wildman–Crippen LogP) is 4.05. The summed E-state index contributed by atoms with van der Waals surface area (Å²) in [6, 6.07) is 0.608. The van der Waals surface area contributed by atoms with E-state index in [4.69, 9.17) is 0 Å². The van der Waals surface area contributed by atoms with Gasteiger partial charge >= 0.3 is 0 Å². The Hall–Kier alpha value is -1.32. The summed E-state index contributed by atoms with van der Waals surface area (Å²) in [6.07, 6.45) is 5.36. The molecule has 1 unspecified atom stereocenters. The van der Waals surface area contributed by atoms with Gasteiger partial charge in [0.2, 0.25) is 0 Å². The average molecular weight is 290 g/mol. The first-order valence-electron chi connectivity index (χ1n) is 8.41. The van der Waals surface area contributed by atoms with Crippen molar-refractivity contribution in [1.29, 1.82) is 0 Å². The standard InChI is InChI=1S/C17H30N4/c1-6-9-18-16-15(13(4)5)17(20-11-19-16)21-10-7-8-14(21)12(2)3/h11-14H,6-10H2,1-5H3,(H,18,19,20). The Morgan fingerprint density at radius 2 is 2.05 bits per heavy atom. The molecule has 0 aliphatic carbocycles. The fraction of sp³-hybridized carbons (Fsp3) is 0.765. The van der Waals surface area contributed by atoms with Crippen molar-refractivity contribution in [3.8, 4) is 0 Å². The van der Waals surface area contributed by atoms with Gasteiger partial charge in [-0.3, -0.25) is 0 Å². The fourth-order valence-electron chi connectivity index (χ4n) is 3.28. The number of nitrogens with zero attached hydrogens (tertiary/aromatic N) is 3. The fourth-order valence-corrected chi connectivity index (χ4v) is 3.28. The maximum absolute atomic E-state index is 4.66. The van der Waals surface area contributed by atoms with Gasteiger partial charge in [-0.2, -0.15) is 0 Å². The molecule has 1 atom stereocenters.